The Balaban J connectivity index is 1.69. The number of halogens is 2. The van der Waals surface area contributed by atoms with Crippen LogP contribution in [0.3, 0.4) is 0 Å². The Hall–Kier alpha value is -2.55. The molecule has 4 rings (SSSR count). The summed E-state index contributed by atoms with van der Waals surface area (Å²) in [4.78, 5) is 41.3. The summed E-state index contributed by atoms with van der Waals surface area (Å²) in [6.07, 6.45) is 1.59. The number of thioether (sulfide) groups is 1. The molecule has 28 heavy (non-hydrogen) atoms. The largest absolute Gasteiger partial charge is 0.482 e. The van der Waals surface area contributed by atoms with Crippen LogP contribution in [0.15, 0.2) is 35.2 Å². The zero-order valence-corrected chi connectivity index (χ0v) is 16.4. The summed E-state index contributed by atoms with van der Waals surface area (Å²) in [6, 6.07) is 8.45. The topological polar surface area (TPSA) is 88.6 Å². The van der Waals surface area contributed by atoms with Gasteiger partial charge < -0.3 is 9.64 Å². The Bertz CT molecular complexity index is 1040. The summed E-state index contributed by atoms with van der Waals surface area (Å²) >= 11 is 12.7. The number of rotatable bonds is 3. The van der Waals surface area contributed by atoms with Gasteiger partial charge >= 0.3 is 0 Å². The molecule has 0 unspecified atom stereocenters. The number of aromatic nitrogens is 1. The number of carbonyl (C=O) groups excluding carboxylic acids is 3. The van der Waals surface area contributed by atoms with E-state index in [9.17, 15) is 14.4 Å². The van der Waals surface area contributed by atoms with Gasteiger partial charge in [0.15, 0.2) is 6.61 Å². The highest BCUT2D eigenvalue weighted by molar-refractivity contribution is 8.18. The van der Waals surface area contributed by atoms with E-state index in [0.717, 1.165) is 11.8 Å². The van der Waals surface area contributed by atoms with Crippen molar-refractivity contribution in [3.63, 3.8) is 0 Å². The van der Waals surface area contributed by atoms with Crippen LogP contribution in [0.5, 0.6) is 5.75 Å². The molecule has 1 aromatic heterocycles. The summed E-state index contributed by atoms with van der Waals surface area (Å²) in [6.45, 7) is 0.137. The third kappa shape index (κ3) is 3.84. The van der Waals surface area contributed by atoms with Crippen LogP contribution < -0.4 is 15.0 Å². The smallest absolute Gasteiger partial charge is 0.290 e. The van der Waals surface area contributed by atoms with E-state index in [2.05, 4.69) is 10.3 Å². The lowest BCUT2D eigenvalue weighted by molar-refractivity contribution is -0.121. The third-order valence-corrected chi connectivity index (χ3v) is 5.23. The summed E-state index contributed by atoms with van der Waals surface area (Å²) < 4.78 is 5.50. The maximum absolute atomic E-state index is 12.5. The zero-order valence-electron chi connectivity index (χ0n) is 14.1. The van der Waals surface area contributed by atoms with E-state index < -0.39 is 11.1 Å². The van der Waals surface area contributed by atoms with Gasteiger partial charge in [-0.1, -0.05) is 29.3 Å². The number of amides is 3. The van der Waals surface area contributed by atoms with Gasteiger partial charge in [0.2, 0.25) is 0 Å². The molecule has 2 aliphatic heterocycles. The summed E-state index contributed by atoms with van der Waals surface area (Å²) in [5.41, 5.74) is 1.91. The first kappa shape index (κ1) is 18.8. The molecule has 0 radical (unpaired) electrons. The Morgan fingerprint density at radius 3 is 2.61 bits per heavy atom. The van der Waals surface area contributed by atoms with Crippen molar-refractivity contribution in [2.24, 2.45) is 0 Å². The van der Waals surface area contributed by atoms with Crippen LogP contribution in [0, 0.1) is 0 Å². The minimum atomic E-state index is -0.446. The van der Waals surface area contributed by atoms with Gasteiger partial charge in [0.05, 0.1) is 17.1 Å². The van der Waals surface area contributed by atoms with E-state index >= 15 is 0 Å². The first-order chi connectivity index (χ1) is 13.4. The molecule has 3 heterocycles. The molecule has 0 spiro atoms. The number of ether oxygens (including phenoxy) is 1. The second-order valence-corrected chi connectivity index (χ2v) is 7.76. The number of nitrogens with zero attached hydrogens (tertiary/aromatic N) is 2. The molecule has 2 aliphatic rings. The van der Waals surface area contributed by atoms with Gasteiger partial charge in [-0.15, -0.1) is 0 Å². The maximum atomic E-state index is 12.5. The number of imide groups is 1. The Morgan fingerprint density at radius 2 is 1.93 bits per heavy atom. The van der Waals surface area contributed by atoms with Crippen LogP contribution in [0.25, 0.3) is 6.08 Å². The highest BCUT2D eigenvalue weighted by Crippen LogP contribution is 2.36. The van der Waals surface area contributed by atoms with Gasteiger partial charge in [0.25, 0.3) is 17.1 Å². The molecular formula is C18H11Cl2N3O4S. The van der Waals surface area contributed by atoms with Crippen molar-refractivity contribution in [2.75, 3.05) is 11.5 Å². The van der Waals surface area contributed by atoms with Crippen molar-refractivity contribution in [1.82, 2.24) is 10.3 Å². The van der Waals surface area contributed by atoms with Crippen LogP contribution in [-0.4, -0.2) is 28.6 Å². The first-order valence-corrected chi connectivity index (χ1v) is 9.60. The molecule has 0 atom stereocenters. The number of hydrogen-bond acceptors (Lipinski definition) is 6. The minimum Gasteiger partial charge on any atom is -0.482 e. The number of pyridine rings is 1. The number of hydrogen-bond donors (Lipinski definition) is 1. The summed E-state index contributed by atoms with van der Waals surface area (Å²) in [7, 11) is 0. The Morgan fingerprint density at radius 1 is 1.18 bits per heavy atom. The van der Waals surface area contributed by atoms with E-state index in [-0.39, 0.29) is 34.3 Å². The van der Waals surface area contributed by atoms with E-state index in [1.54, 1.807) is 41.3 Å². The van der Waals surface area contributed by atoms with E-state index in [1.807, 2.05) is 0 Å². The highest BCUT2D eigenvalue weighted by Gasteiger charge is 2.28. The number of benzene rings is 1. The molecule has 142 valence electrons. The standard InChI is InChI=1S/C18H11Cl2N3O4S/c19-14-5-10(6-15(20)21-14)7-23-11-3-9(1-2-12(11)27-8-16(23)24)4-13-17(25)22-18(26)28-13/h1-6H,7-8H2,(H,22,25,26). The molecule has 1 aromatic carbocycles. The van der Waals surface area contributed by atoms with Crippen molar-refractivity contribution in [1.29, 1.82) is 0 Å². The minimum absolute atomic E-state index is 0.0905. The van der Waals surface area contributed by atoms with Gasteiger partial charge in [-0.25, -0.2) is 4.98 Å². The Kier molecular flexibility index (Phi) is 5.01. The monoisotopic (exact) mass is 435 g/mol. The van der Waals surface area contributed by atoms with Gasteiger partial charge in [0.1, 0.15) is 16.1 Å². The van der Waals surface area contributed by atoms with Crippen molar-refractivity contribution in [3.05, 3.63) is 56.7 Å². The fourth-order valence-corrected chi connectivity index (χ4v) is 4.03. The van der Waals surface area contributed by atoms with Crippen LogP contribution in [-0.2, 0) is 16.1 Å². The lowest BCUT2D eigenvalue weighted by Gasteiger charge is -2.29. The van der Waals surface area contributed by atoms with Gasteiger partial charge in [-0.05, 0) is 53.2 Å². The van der Waals surface area contributed by atoms with Gasteiger partial charge in [-0.3, -0.25) is 19.7 Å². The van der Waals surface area contributed by atoms with E-state index in [4.69, 9.17) is 27.9 Å². The SMILES string of the molecule is O=C1NC(=O)C(=Cc2ccc3c(c2)N(Cc2cc(Cl)nc(Cl)c2)C(=O)CO3)S1. The second-order valence-electron chi connectivity index (χ2n) is 5.97. The van der Waals surface area contributed by atoms with Crippen molar-refractivity contribution in [2.45, 2.75) is 6.54 Å². The molecule has 0 aliphatic carbocycles. The molecule has 3 amide bonds. The Labute approximate surface area is 173 Å². The van der Waals surface area contributed by atoms with Crippen molar-refractivity contribution < 1.29 is 19.1 Å². The van der Waals surface area contributed by atoms with E-state index in [1.165, 1.54) is 0 Å². The molecular weight excluding hydrogens is 425 g/mol. The van der Waals surface area contributed by atoms with Crippen LogP contribution in [0.4, 0.5) is 10.5 Å². The summed E-state index contributed by atoms with van der Waals surface area (Å²) in [5, 5.41) is 2.25. The lowest BCUT2D eigenvalue weighted by atomic mass is 10.1. The third-order valence-electron chi connectivity index (χ3n) is 4.03. The average Bonchev–Trinajstić information content (AvgIpc) is 2.94. The van der Waals surface area contributed by atoms with Gasteiger partial charge in [-0.2, -0.15) is 0 Å². The average molecular weight is 436 g/mol. The molecule has 1 N–H and O–H groups in total. The normalized spacial score (nSPS) is 17.6. The predicted octanol–water partition coefficient (Wildman–Crippen LogP) is 3.64. The lowest BCUT2D eigenvalue weighted by Crippen LogP contribution is -2.38. The second kappa shape index (κ2) is 7.46. The highest BCUT2D eigenvalue weighted by atomic mass is 35.5. The number of carbonyl (C=O) groups is 3. The maximum Gasteiger partial charge on any atom is 0.290 e. The summed E-state index contributed by atoms with van der Waals surface area (Å²) in [5.74, 6) is -0.143. The molecule has 1 saturated heterocycles. The number of anilines is 1. The van der Waals surface area contributed by atoms with Crippen LogP contribution in [0.1, 0.15) is 11.1 Å². The van der Waals surface area contributed by atoms with Crippen LogP contribution in [0.2, 0.25) is 10.3 Å². The number of nitrogens with one attached hydrogen (secondary N) is 1. The number of fused-ring (bicyclic) bond motifs is 1. The van der Waals surface area contributed by atoms with Crippen molar-refractivity contribution >= 4 is 63.8 Å². The van der Waals surface area contributed by atoms with Crippen molar-refractivity contribution in [3.8, 4) is 5.75 Å². The predicted molar refractivity (Wildman–Crippen MR) is 106 cm³/mol. The van der Waals surface area contributed by atoms with Crippen LogP contribution >= 0.6 is 35.0 Å². The van der Waals surface area contributed by atoms with Gasteiger partial charge in [0, 0.05) is 0 Å². The fraction of sp³-hybridized carbons (Fsp3) is 0.111. The molecule has 1 fully saturated rings. The quantitative estimate of drug-likeness (QED) is 0.584. The fourth-order valence-electron chi connectivity index (χ4n) is 2.84. The molecule has 10 heteroatoms. The van der Waals surface area contributed by atoms with E-state index in [0.29, 0.717) is 22.6 Å². The zero-order chi connectivity index (χ0) is 19.8. The first-order valence-electron chi connectivity index (χ1n) is 8.03. The molecule has 0 bridgehead atoms. The molecule has 0 saturated carbocycles. The molecule has 7 nitrogen and oxygen atoms in total. The molecule has 2 aromatic rings.